The van der Waals surface area contributed by atoms with Gasteiger partial charge >= 0.3 is 0 Å². The molecule has 0 atom stereocenters. The van der Waals surface area contributed by atoms with E-state index in [1.54, 1.807) is 0 Å². The summed E-state index contributed by atoms with van der Waals surface area (Å²) in [5, 5.41) is 3.27. The van der Waals surface area contributed by atoms with Gasteiger partial charge in [0, 0.05) is 0 Å². The summed E-state index contributed by atoms with van der Waals surface area (Å²) < 4.78 is 5.44. The third-order valence-electron chi connectivity index (χ3n) is 3.53. The summed E-state index contributed by atoms with van der Waals surface area (Å²) in [4.78, 5) is 0. The van der Waals surface area contributed by atoms with Crippen molar-refractivity contribution in [2.24, 2.45) is 5.41 Å². The Bertz CT molecular complexity index is 385. The summed E-state index contributed by atoms with van der Waals surface area (Å²) in [7, 11) is 2.02. The van der Waals surface area contributed by atoms with Crippen molar-refractivity contribution in [3.8, 4) is 0 Å². The molecule has 94 valence electrons. The lowest BCUT2D eigenvalue weighted by Gasteiger charge is -2.24. The molecule has 1 aromatic carbocycles. The maximum atomic E-state index is 5.44. The molecule has 0 aromatic heterocycles. The van der Waals surface area contributed by atoms with Gasteiger partial charge in [0.1, 0.15) is 0 Å². The first kappa shape index (κ1) is 12.6. The number of hydrogen-bond donors (Lipinski definition) is 1. The highest BCUT2D eigenvalue weighted by molar-refractivity contribution is 5.33. The van der Waals surface area contributed by atoms with Gasteiger partial charge in [0.25, 0.3) is 0 Å². The highest BCUT2D eigenvalue weighted by Crippen LogP contribution is 2.25. The van der Waals surface area contributed by atoms with Crippen molar-refractivity contribution in [2.45, 2.75) is 39.9 Å². The molecule has 0 amide bonds. The molecule has 0 unspecified atom stereocenters. The number of benzene rings is 1. The number of rotatable bonds is 5. The van der Waals surface area contributed by atoms with E-state index in [1.165, 1.54) is 23.1 Å². The number of nitrogens with one attached hydrogen (secondary N) is 1. The molecule has 0 fully saturated rings. The Morgan fingerprint density at radius 2 is 2.00 bits per heavy atom. The lowest BCUT2D eigenvalue weighted by molar-refractivity contribution is 0.134. The van der Waals surface area contributed by atoms with Crippen LogP contribution in [-0.4, -0.2) is 13.6 Å². The van der Waals surface area contributed by atoms with E-state index in [9.17, 15) is 0 Å². The molecule has 1 N–H and O–H groups in total. The highest BCUT2D eigenvalue weighted by atomic mass is 16.5. The van der Waals surface area contributed by atoms with E-state index in [4.69, 9.17) is 4.74 Å². The van der Waals surface area contributed by atoms with E-state index in [0.29, 0.717) is 5.41 Å². The Labute approximate surface area is 104 Å². The number of hydrogen-bond acceptors (Lipinski definition) is 2. The van der Waals surface area contributed by atoms with Crippen molar-refractivity contribution in [3.63, 3.8) is 0 Å². The zero-order chi connectivity index (χ0) is 12.3. The highest BCUT2D eigenvalue weighted by Gasteiger charge is 2.17. The van der Waals surface area contributed by atoms with Gasteiger partial charge in [-0.15, -0.1) is 0 Å². The molecule has 0 saturated heterocycles. The quantitative estimate of drug-likeness (QED) is 0.844. The first-order chi connectivity index (χ1) is 8.11. The summed E-state index contributed by atoms with van der Waals surface area (Å²) in [6.45, 7) is 7.30. The van der Waals surface area contributed by atoms with Crippen molar-refractivity contribution in [3.05, 3.63) is 34.9 Å². The molecule has 0 aliphatic carbocycles. The molecule has 17 heavy (non-hydrogen) atoms. The largest absolute Gasteiger partial charge is 0.372 e. The van der Waals surface area contributed by atoms with Gasteiger partial charge in [-0.25, -0.2) is 0 Å². The maximum absolute atomic E-state index is 5.44. The average Bonchev–Trinajstić information content (AvgIpc) is 2.73. The number of fused-ring (bicyclic) bond motifs is 1. The Kier molecular flexibility index (Phi) is 3.85. The van der Waals surface area contributed by atoms with E-state index in [-0.39, 0.29) is 0 Å². The first-order valence-electron chi connectivity index (χ1n) is 6.44. The topological polar surface area (TPSA) is 21.3 Å². The van der Waals surface area contributed by atoms with Gasteiger partial charge in [-0.1, -0.05) is 32.0 Å². The summed E-state index contributed by atoms with van der Waals surface area (Å²) in [6, 6.07) is 6.80. The number of ether oxygens (including phenoxy) is 1. The Morgan fingerprint density at radius 3 is 2.76 bits per heavy atom. The smallest absolute Gasteiger partial charge is 0.0725 e. The van der Waals surface area contributed by atoms with Crippen molar-refractivity contribution < 1.29 is 4.74 Å². The monoisotopic (exact) mass is 233 g/mol. The maximum Gasteiger partial charge on any atom is 0.0725 e. The third-order valence-corrected chi connectivity index (χ3v) is 3.53. The Morgan fingerprint density at radius 1 is 1.24 bits per heavy atom. The fourth-order valence-electron chi connectivity index (χ4n) is 2.43. The summed E-state index contributed by atoms with van der Waals surface area (Å²) in [6.07, 6.45) is 2.37. The fraction of sp³-hybridized carbons (Fsp3) is 0.600. The van der Waals surface area contributed by atoms with E-state index < -0.39 is 0 Å². The van der Waals surface area contributed by atoms with Gasteiger partial charge in [-0.05, 0) is 48.5 Å². The van der Waals surface area contributed by atoms with Crippen LogP contribution in [0.25, 0.3) is 0 Å². The molecule has 0 saturated carbocycles. The van der Waals surface area contributed by atoms with Gasteiger partial charge in [-0.2, -0.15) is 0 Å². The predicted molar refractivity (Wildman–Crippen MR) is 71.0 cm³/mol. The van der Waals surface area contributed by atoms with Crippen LogP contribution in [0, 0.1) is 5.41 Å². The second-order valence-corrected chi connectivity index (χ2v) is 5.79. The summed E-state index contributed by atoms with van der Waals surface area (Å²) in [5.74, 6) is 0. The van der Waals surface area contributed by atoms with Crippen LogP contribution >= 0.6 is 0 Å². The average molecular weight is 233 g/mol. The minimum atomic E-state index is 0.365. The molecular formula is C15H23NO. The summed E-state index contributed by atoms with van der Waals surface area (Å²) in [5.41, 5.74) is 4.56. The Balaban J connectivity index is 1.95. The van der Waals surface area contributed by atoms with Crippen molar-refractivity contribution >= 4 is 0 Å². The number of aryl methyl sites for hydroxylation is 1. The van der Waals surface area contributed by atoms with Crippen LogP contribution in [0.5, 0.6) is 0 Å². The van der Waals surface area contributed by atoms with Crippen LogP contribution in [0.3, 0.4) is 0 Å². The Hall–Kier alpha value is -0.860. The van der Waals surface area contributed by atoms with E-state index in [2.05, 4.69) is 37.4 Å². The van der Waals surface area contributed by atoms with Crippen LogP contribution in [0.2, 0.25) is 0 Å². The minimum absolute atomic E-state index is 0.365. The second kappa shape index (κ2) is 5.19. The molecule has 1 aromatic rings. The lowest BCUT2D eigenvalue weighted by Crippen LogP contribution is -2.27. The predicted octanol–water partition coefficient (Wildman–Crippen LogP) is 2.90. The van der Waals surface area contributed by atoms with Crippen molar-refractivity contribution in [2.75, 3.05) is 13.6 Å². The second-order valence-electron chi connectivity index (χ2n) is 5.79. The minimum Gasteiger partial charge on any atom is -0.372 e. The molecule has 1 aliphatic heterocycles. The SMILES string of the molecule is CNCC(C)(C)CCc1ccc2c(c1)COC2. The molecule has 1 heterocycles. The summed E-state index contributed by atoms with van der Waals surface area (Å²) >= 11 is 0. The molecule has 2 heteroatoms. The van der Waals surface area contributed by atoms with Crippen LogP contribution in [0.1, 0.15) is 37.0 Å². The lowest BCUT2D eigenvalue weighted by atomic mass is 9.86. The fourth-order valence-corrected chi connectivity index (χ4v) is 2.43. The van der Waals surface area contributed by atoms with Crippen LogP contribution < -0.4 is 5.32 Å². The van der Waals surface area contributed by atoms with Gasteiger partial charge in [0.05, 0.1) is 13.2 Å². The van der Waals surface area contributed by atoms with Crippen LogP contribution in [0.4, 0.5) is 0 Å². The van der Waals surface area contributed by atoms with Crippen LogP contribution in [0.15, 0.2) is 18.2 Å². The molecular weight excluding hydrogens is 210 g/mol. The molecule has 2 nitrogen and oxygen atoms in total. The molecule has 0 spiro atoms. The third kappa shape index (κ3) is 3.30. The van der Waals surface area contributed by atoms with Crippen molar-refractivity contribution in [1.29, 1.82) is 0 Å². The van der Waals surface area contributed by atoms with Gasteiger partial charge in [0.2, 0.25) is 0 Å². The van der Waals surface area contributed by atoms with E-state index in [0.717, 1.165) is 26.2 Å². The zero-order valence-corrected chi connectivity index (χ0v) is 11.2. The standard InChI is InChI=1S/C15H23NO/c1-15(2,11-16-3)7-6-12-4-5-13-9-17-10-14(13)8-12/h4-5,8,16H,6-7,9-11H2,1-3H3. The molecule has 0 bridgehead atoms. The molecule has 2 rings (SSSR count). The van der Waals surface area contributed by atoms with Crippen molar-refractivity contribution in [1.82, 2.24) is 5.32 Å². The van der Waals surface area contributed by atoms with Gasteiger partial charge < -0.3 is 10.1 Å². The molecule has 1 aliphatic rings. The molecule has 0 radical (unpaired) electrons. The van der Waals surface area contributed by atoms with Gasteiger partial charge in [0.15, 0.2) is 0 Å². The van der Waals surface area contributed by atoms with E-state index >= 15 is 0 Å². The first-order valence-corrected chi connectivity index (χ1v) is 6.44. The van der Waals surface area contributed by atoms with Gasteiger partial charge in [-0.3, -0.25) is 0 Å². The van der Waals surface area contributed by atoms with Crippen LogP contribution in [-0.2, 0) is 24.4 Å². The van der Waals surface area contributed by atoms with E-state index in [1.807, 2.05) is 7.05 Å². The zero-order valence-electron chi connectivity index (χ0n) is 11.2. The normalized spacial score (nSPS) is 15.0.